The first kappa shape index (κ1) is 13.2. The Morgan fingerprint density at radius 3 is 2.90 bits per heavy atom. The van der Waals surface area contributed by atoms with E-state index in [1.54, 1.807) is 12.3 Å². The number of aromatic amines is 1. The van der Waals surface area contributed by atoms with Crippen molar-refractivity contribution >= 4 is 5.69 Å². The van der Waals surface area contributed by atoms with E-state index in [2.05, 4.69) is 20.5 Å². The van der Waals surface area contributed by atoms with Crippen LogP contribution in [0.15, 0.2) is 48.9 Å². The summed E-state index contributed by atoms with van der Waals surface area (Å²) in [5, 5.41) is 20.0. The average molecular weight is 280 g/mol. The molecule has 21 heavy (non-hydrogen) atoms. The van der Waals surface area contributed by atoms with Gasteiger partial charge in [0.15, 0.2) is 0 Å². The smallest absolute Gasteiger partial charge is 0.118 e. The molecule has 106 valence electrons. The van der Waals surface area contributed by atoms with E-state index in [-0.39, 0.29) is 0 Å². The van der Waals surface area contributed by atoms with E-state index in [1.807, 2.05) is 43.6 Å². The number of hydrogen-bond donors (Lipinski definition) is 3. The predicted octanol–water partition coefficient (Wildman–Crippen LogP) is 3.10. The zero-order valence-corrected chi connectivity index (χ0v) is 11.7. The number of phenolic OH excluding ortho intramolecular Hbond substituents is 1. The Labute approximate surface area is 122 Å². The summed E-state index contributed by atoms with van der Waals surface area (Å²) >= 11 is 0. The second-order valence-corrected chi connectivity index (χ2v) is 4.87. The minimum Gasteiger partial charge on any atom is -0.508 e. The molecule has 0 aliphatic heterocycles. The van der Waals surface area contributed by atoms with Gasteiger partial charge in [-0.15, -0.1) is 0 Å². The second kappa shape index (κ2) is 5.66. The Kier molecular flexibility index (Phi) is 3.55. The van der Waals surface area contributed by atoms with Crippen molar-refractivity contribution in [1.82, 2.24) is 15.2 Å². The zero-order chi connectivity index (χ0) is 14.7. The number of benzene rings is 1. The number of aromatic hydroxyl groups is 1. The Morgan fingerprint density at radius 2 is 2.14 bits per heavy atom. The van der Waals surface area contributed by atoms with Gasteiger partial charge in [-0.1, -0.05) is 0 Å². The molecule has 0 aliphatic carbocycles. The van der Waals surface area contributed by atoms with Crippen molar-refractivity contribution < 1.29 is 5.11 Å². The number of pyridine rings is 1. The van der Waals surface area contributed by atoms with Gasteiger partial charge in [-0.2, -0.15) is 5.10 Å². The van der Waals surface area contributed by atoms with Gasteiger partial charge in [0.1, 0.15) is 5.75 Å². The highest BCUT2D eigenvalue weighted by Crippen LogP contribution is 2.23. The predicted molar refractivity (Wildman–Crippen MR) is 82.0 cm³/mol. The van der Waals surface area contributed by atoms with Crippen LogP contribution in [0.1, 0.15) is 11.1 Å². The van der Waals surface area contributed by atoms with Crippen LogP contribution in [-0.2, 0) is 6.54 Å². The van der Waals surface area contributed by atoms with Crippen LogP contribution in [0.3, 0.4) is 0 Å². The number of rotatable bonds is 4. The van der Waals surface area contributed by atoms with E-state index in [0.717, 1.165) is 28.1 Å². The fourth-order valence-corrected chi connectivity index (χ4v) is 2.17. The lowest BCUT2D eigenvalue weighted by Gasteiger charge is -2.08. The van der Waals surface area contributed by atoms with Crippen LogP contribution in [-0.4, -0.2) is 20.3 Å². The lowest BCUT2D eigenvalue weighted by molar-refractivity contribution is 0.471. The maximum atomic E-state index is 9.54. The fraction of sp³-hybridized carbons (Fsp3) is 0.125. The molecule has 3 rings (SSSR count). The maximum Gasteiger partial charge on any atom is 0.118 e. The molecule has 0 amide bonds. The third-order valence-electron chi connectivity index (χ3n) is 3.35. The normalized spacial score (nSPS) is 10.5. The summed E-state index contributed by atoms with van der Waals surface area (Å²) in [7, 11) is 0. The van der Waals surface area contributed by atoms with Crippen molar-refractivity contribution in [2.24, 2.45) is 0 Å². The molecule has 0 aliphatic rings. The zero-order valence-electron chi connectivity index (χ0n) is 11.7. The molecule has 0 saturated heterocycles. The van der Waals surface area contributed by atoms with Gasteiger partial charge in [-0.05, 0) is 42.8 Å². The standard InChI is InChI=1S/C16H16N4O/c1-11-7-14(4-5-15(11)21)18-9-13-10-19-20-16(13)12-3-2-6-17-8-12/h2-8,10,18,21H,9H2,1H3,(H,19,20). The summed E-state index contributed by atoms with van der Waals surface area (Å²) in [6.07, 6.45) is 5.36. The van der Waals surface area contributed by atoms with E-state index in [1.165, 1.54) is 0 Å². The van der Waals surface area contributed by atoms with Crippen LogP contribution in [0, 0.1) is 6.92 Å². The topological polar surface area (TPSA) is 73.8 Å². The quantitative estimate of drug-likeness (QED) is 0.642. The summed E-state index contributed by atoms with van der Waals surface area (Å²) in [6, 6.07) is 9.35. The molecule has 0 unspecified atom stereocenters. The fourth-order valence-electron chi connectivity index (χ4n) is 2.17. The van der Waals surface area contributed by atoms with Gasteiger partial charge >= 0.3 is 0 Å². The molecule has 5 nitrogen and oxygen atoms in total. The summed E-state index contributed by atoms with van der Waals surface area (Å²) in [6.45, 7) is 2.52. The highest BCUT2D eigenvalue weighted by atomic mass is 16.3. The van der Waals surface area contributed by atoms with E-state index in [0.29, 0.717) is 12.3 Å². The summed E-state index contributed by atoms with van der Waals surface area (Å²) in [4.78, 5) is 4.13. The molecule has 0 bridgehead atoms. The van der Waals surface area contributed by atoms with Crippen molar-refractivity contribution in [3.8, 4) is 17.0 Å². The van der Waals surface area contributed by atoms with Gasteiger partial charge in [0, 0.05) is 35.8 Å². The molecular weight excluding hydrogens is 264 g/mol. The largest absolute Gasteiger partial charge is 0.508 e. The molecule has 0 atom stereocenters. The third kappa shape index (κ3) is 2.86. The maximum absolute atomic E-state index is 9.54. The van der Waals surface area contributed by atoms with Crippen LogP contribution < -0.4 is 5.32 Å². The van der Waals surface area contributed by atoms with Crippen molar-refractivity contribution in [2.45, 2.75) is 13.5 Å². The number of hydrogen-bond acceptors (Lipinski definition) is 4. The first-order chi connectivity index (χ1) is 10.2. The van der Waals surface area contributed by atoms with E-state index >= 15 is 0 Å². The first-order valence-corrected chi connectivity index (χ1v) is 6.70. The average Bonchev–Trinajstić information content (AvgIpc) is 2.98. The number of nitrogens with one attached hydrogen (secondary N) is 2. The first-order valence-electron chi connectivity index (χ1n) is 6.70. The van der Waals surface area contributed by atoms with Crippen LogP contribution in [0.25, 0.3) is 11.3 Å². The van der Waals surface area contributed by atoms with E-state index < -0.39 is 0 Å². The van der Waals surface area contributed by atoms with Gasteiger partial charge in [0.2, 0.25) is 0 Å². The van der Waals surface area contributed by atoms with Crippen molar-refractivity contribution in [3.05, 3.63) is 60.0 Å². The lowest BCUT2D eigenvalue weighted by atomic mass is 10.1. The highest BCUT2D eigenvalue weighted by molar-refractivity contribution is 5.62. The minimum atomic E-state index is 0.305. The molecule has 3 N–H and O–H groups in total. The summed E-state index contributed by atoms with van der Waals surface area (Å²) in [5.74, 6) is 0.305. The molecule has 2 aromatic heterocycles. The molecule has 1 aromatic carbocycles. The number of phenols is 1. The van der Waals surface area contributed by atoms with Crippen LogP contribution in [0.4, 0.5) is 5.69 Å². The van der Waals surface area contributed by atoms with Crippen molar-refractivity contribution in [2.75, 3.05) is 5.32 Å². The molecule has 5 heteroatoms. The molecule has 3 aromatic rings. The van der Waals surface area contributed by atoms with Gasteiger partial charge < -0.3 is 10.4 Å². The summed E-state index contributed by atoms with van der Waals surface area (Å²) in [5.41, 5.74) is 4.84. The molecular formula is C16H16N4O. The SMILES string of the molecule is Cc1cc(NCc2cn[nH]c2-c2cccnc2)ccc1O. The lowest BCUT2D eigenvalue weighted by Crippen LogP contribution is -2.00. The Morgan fingerprint density at radius 1 is 1.24 bits per heavy atom. The van der Waals surface area contributed by atoms with Crippen LogP contribution in [0.5, 0.6) is 5.75 Å². The van der Waals surface area contributed by atoms with Crippen molar-refractivity contribution in [3.63, 3.8) is 0 Å². The van der Waals surface area contributed by atoms with E-state index in [4.69, 9.17) is 0 Å². The van der Waals surface area contributed by atoms with Crippen molar-refractivity contribution in [1.29, 1.82) is 0 Å². The number of aryl methyl sites for hydroxylation is 1. The molecule has 0 fully saturated rings. The van der Waals surface area contributed by atoms with Gasteiger partial charge in [0.05, 0.1) is 11.9 Å². The highest BCUT2D eigenvalue weighted by Gasteiger charge is 2.07. The van der Waals surface area contributed by atoms with Crippen LogP contribution >= 0.6 is 0 Å². The third-order valence-corrected chi connectivity index (χ3v) is 3.35. The number of H-pyrrole nitrogens is 1. The Bertz CT molecular complexity index is 737. The number of anilines is 1. The Hall–Kier alpha value is -2.82. The number of aromatic nitrogens is 3. The molecule has 2 heterocycles. The Balaban J connectivity index is 1.77. The minimum absolute atomic E-state index is 0.305. The van der Waals surface area contributed by atoms with Gasteiger partial charge in [-0.3, -0.25) is 10.1 Å². The number of nitrogens with zero attached hydrogens (tertiary/aromatic N) is 2. The molecule has 0 saturated carbocycles. The van der Waals surface area contributed by atoms with E-state index in [9.17, 15) is 5.11 Å². The molecule has 0 spiro atoms. The summed E-state index contributed by atoms with van der Waals surface area (Å²) < 4.78 is 0. The van der Waals surface area contributed by atoms with Gasteiger partial charge in [0.25, 0.3) is 0 Å². The molecule has 0 radical (unpaired) electrons. The van der Waals surface area contributed by atoms with Gasteiger partial charge in [-0.25, -0.2) is 0 Å². The van der Waals surface area contributed by atoms with Crippen LogP contribution in [0.2, 0.25) is 0 Å². The monoisotopic (exact) mass is 280 g/mol. The second-order valence-electron chi connectivity index (χ2n) is 4.87.